The van der Waals surface area contributed by atoms with Crippen LogP contribution in [-0.2, 0) is 0 Å². The first-order chi connectivity index (χ1) is 10.6. The Morgan fingerprint density at radius 1 is 1.09 bits per heavy atom. The van der Waals surface area contributed by atoms with Crippen molar-refractivity contribution < 1.29 is 14.3 Å². The van der Waals surface area contributed by atoms with Gasteiger partial charge in [-0.1, -0.05) is 0 Å². The average Bonchev–Trinajstić information content (AvgIpc) is 2.56. The maximum absolute atomic E-state index is 13.0. The minimum absolute atomic E-state index is 0.0464. The van der Waals surface area contributed by atoms with Crippen molar-refractivity contribution in [1.29, 1.82) is 0 Å². The number of carboxylic acids is 1. The Hall–Kier alpha value is -2.50. The van der Waals surface area contributed by atoms with Gasteiger partial charge in [-0.05, 0) is 43.5 Å². The maximum Gasteiger partial charge on any atom is 0.354 e. The lowest BCUT2D eigenvalue weighted by Crippen LogP contribution is -2.30. The predicted molar refractivity (Wildman–Crippen MR) is 80.4 cm³/mol. The highest BCUT2D eigenvalue weighted by Crippen LogP contribution is 2.23. The van der Waals surface area contributed by atoms with Crippen molar-refractivity contribution in [2.45, 2.75) is 19.3 Å². The number of aromatic carboxylic acids is 1. The molecular formula is C16H16FN3O2. The molecule has 0 spiro atoms. The second-order valence-corrected chi connectivity index (χ2v) is 5.29. The van der Waals surface area contributed by atoms with Crippen LogP contribution in [0.15, 0.2) is 30.3 Å². The van der Waals surface area contributed by atoms with Crippen LogP contribution in [0.1, 0.15) is 29.8 Å². The third kappa shape index (κ3) is 3.05. The standard InChI is InChI=1S/C16H16FN3O2/c17-12-6-4-11(5-7-12)15-18-13(16(21)22)10-14(19-15)20-8-2-1-3-9-20/h4-7,10H,1-3,8-9H2,(H,21,22). The molecule has 0 amide bonds. The van der Waals surface area contributed by atoms with E-state index < -0.39 is 5.97 Å². The Bertz CT molecular complexity index is 682. The van der Waals surface area contributed by atoms with E-state index in [1.807, 2.05) is 0 Å². The van der Waals surface area contributed by atoms with Gasteiger partial charge in [0.05, 0.1) is 0 Å². The lowest BCUT2D eigenvalue weighted by Gasteiger charge is -2.28. The minimum atomic E-state index is -1.09. The quantitative estimate of drug-likeness (QED) is 0.944. The molecule has 3 rings (SSSR count). The Balaban J connectivity index is 2.03. The number of anilines is 1. The van der Waals surface area contributed by atoms with Gasteiger partial charge in [-0.3, -0.25) is 0 Å². The molecule has 0 aliphatic carbocycles. The lowest BCUT2D eigenvalue weighted by molar-refractivity contribution is 0.0690. The second-order valence-electron chi connectivity index (χ2n) is 5.29. The van der Waals surface area contributed by atoms with E-state index in [1.54, 1.807) is 12.1 Å². The minimum Gasteiger partial charge on any atom is -0.477 e. The maximum atomic E-state index is 13.0. The van der Waals surface area contributed by atoms with Crippen molar-refractivity contribution >= 4 is 11.8 Å². The predicted octanol–water partition coefficient (Wildman–Crippen LogP) is 2.97. The van der Waals surface area contributed by atoms with Crippen LogP contribution in [0.25, 0.3) is 11.4 Å². The number of aromatic nitrogens is 2. The van der Waals surface area contributed by atoms with E-state index in [9.17, 15) is 14.3 Å². The van der Waals surface area contributed by atoms with Gasteiger partial charge in [-0.15, -0.1) is 0 Å². The molecule has 0 atom stereocenters. The normalized spacial score (nSPS) is 14.9. The fraction of sp³-hybridized carbons (Fsp3) is 0.312. The van der Waals surface area contributed by atoms with Crippen LogP contribution >= 0.6 is 0 Å². The smallest absolute Gasteiger partial charge is 0.354 e. The third-order valence-corrected chi connectivity index (χ3v) is 3.71. The highest BCUT2D eigenvalue weighted by Gasteiger charge is 2.17. The molecular weight excluding hydrogens is 285 g/mol. The van der Waals surface area contributed by atoms with Gasteiger partial charge in [-0.25, -0.2) is 19.2 Å². The van der Waals surface area contributed by atoms with E-state index in [0.29, 0.717) is 17.2 Å². The molecule has 5 nitrogen and oxygen atoms in total. The molecule has 1 aliphatic heterocycles. The molecule has 1 N–H and O–H groups in total. The molecule has 1 aliphatic rings. The van der Waals surface area contributed by atoms with Gasteiger partial charge in [0.15, 0.2) is 11.5 Å². The summed E-state index contributed by atoms with van der Waals surface area (Å²) >= 11 is 0. The number of hydrogen-bond donors (Lipinski definition) is 1. The number of carbonyl (C=O) groups is 1. The van der Waals surface area contributed by atoms with Gasteiger partial charge < -0.3 is 10.0 Å². The molecule has 1 saturated heterocycles. The van der Waals surface area contributed by atoms with Crippen molar-refractivity contribution in [3.63, 3.8) is 0 Å². The largest absolute Gasteiger partial charge is 0.477 e. The van der Waals surface area contributed by atoms with Crippen molar-refractivity contribution in [3.05, 3.63) is 41.8 Å². The van der Waals surface area contributed by atoms with Crippen LogP contribution in [0, 0.1) is 5.82 Å². The van der Waals surface area contributed by atoms with E-state index in [4.69, 9.17) is 0 Å². The molecule has 0 saturated carbocycles. The van der Waals surface area contributed by atoms with Crippen LogP contribution in [0.4, 0.5) is 10.2 Å². The van der Waals surface area contributed by atoms with Crippen LogP contribution in [0.3, 0.4) is 0 Å². The molecule has 0 radical (unpaired) electrons. The van der Waals surface area contributed by atoms with E-state index in [1.165, 1.54) is 24.6 Å². The molecule has 6 heteroatoms. The number of nitrogens with zero attached hydrogens (tertiary/aromatic N) is 3. The summed E-state index contributed by atoms with van der Waals surface area (Å²) in [4.78, 5) is 21.9. The van der Waals surface area contributed by atoms with E-state index in [-0.39, 0.29) is 11.5 Å². The summed E-state index contributed by atoms with van der Waals surface area (Å²) in [5.41, 5.74) is 0.553. The summed E-state index contributed by atoms with van der Waals surface area (Å²) in [5, 5.41) is 9.25. The number of piperidine rings is 1. The molecule has 0 bridgehead atoms. The van der Waals surface area contributed by atoms with Crippen molar-refractivity contribution in [3.8, 4) is 11.4 Å². The van der Waals surface area contributed by atoms with Gasteiger partial charge in [0.25, 0.3) is 0 Å². The number of rotatable bonds is 3. The highest BCUT2D eigenvalue weighted by molar-refractivity contribution is 5.87. The molecule has 1 aromatic carbocycles. The van der Waals surface area contributed by atoms with E-state index >= 15 is 0 Å². The zero-order valence-electron chi connectivity index (χ0n) is 12.0. The lowest BCUT2D eigenvalue weighted by atomic mass is 10.1. The zero-order chi connectivity index (χ0) is 15.5. The molecule has 0 unspecified atom stereocenters. The molecule has 1 fully saturated rings. The van der Waals surface area contributed by atoms with Gasteiger partial charge >= 0.3 is 5.97 Å². The fourth-order valence-corrected chi connectivity index (χ4v) is 2.56. The topological polar surface area (TPSA) is 66.3 Å². The van der Waals surface area contributed by atoms with Crippen molar-refractivity contribution in [1.82, 2.24) is 9.97 Å². The first-order valence-electron chi connectivity index (χ1n) is 7.27. The monoisotopic (exact) mass is 301 g/mol. The SMILES string of the molecule is O=C(O)c1cc(N2CCCCC2)nc(-c2ccc(F)cc2)n1. The van der Waals surface area contributed by atoms with Gasteiger partial charge in [0.2, 0.25) is 0 Å². The first-order valence-corrected chi connectivity index (χ1v) is 7.27. The molecule has 2 heterocycles. The molecule has 114 valence electrons. The van der Waals surface area contributed by atoms with Crippen molar-refractivity contribution in [2.75, 3.05) is 18.0 Å². The number of halogens is 1. The summed E-state index contributed by atoms with van der Waals surface area (Å²) in [5.74, 6) is -0.523. The van der Waals surface area contributed by atoms with E-state index in [2.05, 4.69) is 14.9 Å². The molecule has 2 aromatic rings. The van der Waals surface area contributed by atoms with Crippen LogP contribution in [0.5, 0.6) is 0 Å². The summed E-state index contributed by atoms with van der Waals surface area (Å²) in [7, 11) is 0. The van der Waals surface area contributed by atoms with Crippen LogP contribution in [0.2, 0.25) is 0 Å². The van der Waals surface area contributed by atoms with Crippen LogP contribution in [-0.4, -0.2) is 34.1 Å². The zero-order valence-corrected chi connectivity index (χ0v) is 12.0. The Morgan fingerprint density at radius 3 is 2.41 bits per heavy atom. The third-order valence-electron chi connectivity index (χ3n) is 3.71. The van der Waals surface area contributed by atoms with Crippen molar-refractivity contribution in [2.24, 2.45) is 0 Å². The number of hydrogen-bond acceptors (Lipinski definition) is 4. The van der Waals surface area contributed by atoms with Gasteiger partial charge in [0, 0.05) is 24.7 Å². The van der Waals surface area contributed by atoms with E-state index in [0.717, 1.165) is 25.9 Å². The average molecular weight is 301 g/mol. The Morgan fingerprint density at radius 2 is 1.77 bits per heavy atom. The van der Waals surface area contributed by atoms with Gasteiger partial charge in [-0.2, -0.15) is 0 Å². The fourth-order valence-electron chi connectivity index (χ4n) is 2.56. The summed E-state index contributed by atoms with van der Waals surface area (Å²) in [6, 6.07) is 7.23. The highest BCUT2D eigenvalue weighted by atomic mass is 19.1. The molecule has 1 aromatic heterocycles. The number of benzene rings is 1. The first kappa shape index (κ1) is 14.4. The Labute approximate surface area is 127 Å². The second kappa shape index (κ2) is 6.09. The van der Waals surface area contributed by atoms with Crippen LogP contribution < -0.4 is 4.90 Å². The number of carboxylic acid groups (broad SMARTS) is 1. The summed E-state index contributed by atoms with van der Waals surface area (Å²) in [6.45, 7) is 1.72. The summed E-state index contributed by atoms with van der Waals surface area (Å²) in [6.07, 6.45) is 3.31. The molecule has 22 heavy (non-hydrogen) atoms. The van der Waals surface area contributed by atoms with Gasteiger partial charge in [0.1, 0.15) is 11.6 Å². The Kier molecular flexibility index (Phi) is 4.00. The summed E-state index contributed by atoms with van der Waals surface area (Å²) < 4.78 is 13.0.